The van der Waals surface area contributed by atoms with Gasteiger partial charge in [0.1, 0.15) is 0 Å². The summed E-state index contributed by atoms with van der Waals surface area (Å²) in [5, 5.41) is 14.5. The van der Waals surface area contributed by atoms with E-state index in [9.17, 15) is 44.3 Å². The molecule has 0 atom stereocenters. The zero-order valence-corrected chi connectivity index (χ0v) is 31.4. The lowest BCUT2D eigenvalue weighted by Gasteiger charge is -2.29. The number of aliphatic hydroxyl groups excluding tert-OH is 1. The molecule has 2 amide bonds. The molecule has 2 fully saturated rings. The monoisotopic (exact) mass is 824 g/mol. The Morgan fingerprint density at radius 1 is 0.704 bits per heavy atom. The lowest BCUT2D eigenvalue weighted by atomic mass is 9.86. The highest BCUT2D eigenvalue weighted by Crippen LogP contribution is 2.34. The Hall–Kier alpha value is -3.37. The maximum absolute atomic E-state index is 12.9. The topological polar surface area (TPSA) is 122 Å². The van der Waals surface area contributed by atoms with E-state index in [1.807, 2.05) is 6.92 Å². The Bertz CT molecular complexity index is 1860. The van der Waals surface area contributed by atoms with Gasteiger partial charge in [0.05, 0.1) is 43.8 Å². The molecule has 2 aliphatic carbocycles. The highest BCUT2D eigenvalue weighted by molar-refractivity contribution is 7.86. The van der Waals surface area contributed by atoms with Gasteiger partial charge in [-0.3, -0.25) is 13.8 Å². The van der Waals surface area contributed by atoms with Gasteiger partial charge in [-0.25, -0.2) is 0 Å². The summed E-state index contributed by atoms with van der Waals surface area (Å²) in [5.74, 6) is -1.02. The van der Waals surface area contributed by atoms with E-state index in [4.69, 9.17) is 32.5 Å². The Balaban J connectivity index is 0.000000258. The SMILES string of the molecule is Cc1ccc(S(=O)(=O)OC[C@H]2CC[C@H](NC(=O)c3cc(C(F)(F)F)ccc3Cl)CC2)cc1.O=C(N[C@H]1CC[C@H](CO)CC1)c1cc(C(F)(F)F)ccc1Cl. The number of aryl methyl sites for hydroxylation is 1. The summed E-state index contributed by atoms with van der Waals surface area (Å²) in [7, 11) is -3.84. The molecular weight excluding hydrogens is 785 g/mol. The number of carbonyl (C=O) groups is 2. The van der Waals surface area contributed by atoms with Gasteiger partial charge in [0.2, 0.25) is 0 Å². The van der Waals surface area contributed by atoms with Crippen molar-refractivity contribution >= 4 is 45.1 Å². The van der Waals surface area contributed by atoms with Crippen molar-refractivity contribution in [3.63, 3.8) is 0 Å². The smallest absolute Gasteiger partial charge is 0.396 e. The van der Waals surface area contributed by atoms with E-state index in [0.717, 1.165) is 54.8 Å². The quantitative estimate of drug-likeness (QED) is 0.146. The molecule has 54 heavy (non-hydrogen) atoms. The van der Waals surface area contributed by atoms with Crippen molar-refractivity contribution in [1.82, 2.24) is 10.6 Å². The zero-order chi connectivity index (χ0) is 39.8. The molecule has 296 valence electrons. The maximum atomic E-state index is 12.9. The van der Waals surface area contributed by atoms with Gasteiger partial charge in [-0.05, 0) is 119 Å². The standard InChI is InChI=1S/C22H23ClF3NO4S.C15H17ClF3NO2/c1-14-2-9-18(10-3-14)32(29,30)31-13-15-4-7-17(8-5-15)27-21(28)19-12-16(22(24,25)26)6-11-20(19)23;16-13-6-3-10(15(17,18)19)7-12(13)14(22)20-11-4-1-9(8-21)2-5-11/h2-3,6,9-12,15,17H,4-5,7-8,13H2,1H3,(H,27,28);3,6-7,9,11,21H,1-2,4-5,8H2,(H,20,22)/t15-,17-;9-,11-. The number of aliphatic hydroxyl groups is 1. The number of carbonyl (C=O) groups excluding carboxylic acids is 2. The van der Waals surface area contributed by atoms with Gasteiger partial charge in [0.15, 0.2) is 0 Å². The average Bonchev–Trinajstić information content (AvgIpc) is 3.11. The molecule has 3 aromatic rings. The van der Waals surface area contributed by atoms with Crippen LogP contribution in [0.5, 0.6) is 0 Å². The van der Waals surface area contributed by atoms with Crippen molar-refractivity contribution in [2.45, 2.75) is 87.6 Å². The molecule has 2 saturated carbocycles. The molecule has 8 nitrogen and oxygen atoms in total. The fourth-order valence-corrected chi connectivity index (χ4v) is 7.58. The Kier molecular flexibility index (Phi) is 14.9. The van der Waals surface area contributed by atoms with Crippen LogP contribution in [0.15, 0.2) is 65.6 Å². The van der Waals surface area contributed by atoms with E-state index >= 15 is 0 Å². The van der Waals surface area contributed by atoms with Crippen molar-refractivity contribution in [3.05, 3.63) is 98.5 Å². The molecule has 3 N–H and O–H groups in total. The van der Waals surface area contributed by atoms with Gasteiger partial charge in [-0.1, -0.05) is 40.9 Å². The fourth-order valence-electron chi connectivity index (χ4n) is 6.20. The number of amides is 2. The minimum Gasteiger partial charge on any atom is -0.396 e. The summed E-state index contributed by atoms with van der Waals surface area (Å²) in [6, 6.07) is 11.4. The van der Waals surface area contributed by atoms with E-state index < -0.39 is 45.4 Å². The van der Waals surface area contributed by atoms with Crippen LogP contribution in [0.3, 0.4) is 0 Å². The van der Waals surface area contributed by atoms with Crippen LogP contribution in [-0.4, -0.2) is 50.6 Å². The summed E-state index contributed by atoms with van der Waals surface area (Å²) in [4.78, 5) is 24.7. The first-order valence-electron chi connectivity index (χ1n) is 17.2. The van der Waals surface area contributed by atoms with Crippen LogP contribution >= 0.6 is 23.2 Å². The summed E-state index contributed by atoms with van der Waals surface area (Å²) in [6.45, 7) is 2.02. The summed E-state index contributed by atoms with van der Waals surface area (Å²) >= 11 is 11.8. The minimum absolute atomic E-state index is 0.000482. The van der Waals surface area contributed by atoms with E-state index in [-0.39, 0.29) is 63.2 Å². The average molecular weight is 826 g/mol. The summed E-state index contributed by atoms with van der Waals surface area (Å²) < 4.78 is 107. The predicted molar refractivity (Wildman–Crippen MR) is 191 cm³/mol. The largest absolute Gasteiger partial charge is 0.416 e. The van der Waals surface area contributed by atoms with Crippen molar-refractivity contribution in [2.24, 2.45) is 11.8 Å². The lowest BCUT2D eigenvalue weighted by molar-refractivity contribution is -0.138. The van der Waals surface area contributed by atoms with Crippen LogP contribution in [0.2, 0.25) is 10.0 Å². The molecular formula is C37H40Cl2F6N2O6S. The first-order valence-corrected chi connectivity index (χ1v) is 19.4. The van der Waals surface area contributed by atoms with Gasteiger partial charge >= 0.3 is 12.4 Å². The van der Waals surface area contributed by atoms with Crippen molar-refractivity contribution in [1.29, 1.82) is 0 Å². The fraction of sp³-hybridized carbons (Fsp3) is 0.459. The predicted octanol–water partition coefficient (Wildman–Crippen LogP) is 9.00. The van der Waals surface area contributed by atoms with Gasteiger partial charge in [-0.15, -0.1) is 0 Å². The second-order valence-electron chi connectivity index (χ2n) is 13.5. The molecule has 5 rings (SSSR count). The van der Waals surface area contributed by atoms with Crippen molar-refractivity contribution < 1.29 is 53.6 Å². The molecule has 2 aliphatic rings. The molecule has 0 radical (unpaired) electrons. The third-order valence-corrected chi connectivity index (χ3v) is 11.4. The second-order valence-corrected chi connectivity index (χ2v) is 15.9. The number of nitrogens with one attached hydrogen (secondary N) is 2. The third kappa shape index (κ3) is 12.3. The molecule has 0 bridgehead atoms. The van der Waals surface area contributed by atoms with Gasteiger partial charge in [-0.2, -0.15) is 34.8 Å². The number of hydrogen-bond donors (Lipinski definition) is 3. The summed E-state index contributed by atoms with van der Waals surface area (Å²) in [6.07, 6.45) is -3.76. The number of benzene rings is 3. The molecule has 3 aromatic carbocycles. The first-order chi connectivity index (χ1) is 25.3. The zero-order valence-electron chi connectivity index (χ0n) is 29.1. The minimum atomic E-state index is -4.57. The first kappa shape index (κ1) is 43.4. The van der Waals surface area contributed by atoms with E-state index in [0.29, 0.717) is 38.5 Å². The van der Waals surface area contributed by atoms with Crippen LogP contribution in [0.4, 0.5) is 26.3 Å². The van der Waals surface area contributed by atoms with Crippen LogP contribution in [0, 0.1) is 18.8 Å². The molecule has 17 heteroatoms. The van der Waals surface area contributed by atoms with Gasteiger partial charge in [0.25, 0.3) is 21.9 Å². The molecule has 0 heterocycles. The lowest BCUT2D eigenvalue weighted by Crippen LogP contribution is -2.38. The molecule has 0 aliphatic heterocycles. The van der Waals surface area contributed by atoms with E-state index in [1.54, 1.807) is 12.1 Å². The molecule has 0 saturated heterocycles. The normalized spacial score (nSPS) is 20.7. The molecule has 0 aromatic heterocycles. The van der Waals surface area contributed by atoms with E-state index in [2.05, 4.69) is 10.6 Å². The molecule has 0 spiro atoms. The van der Waals surface area contributed by atoms with Crippen LogP contribution < -0.4 is 10.6 Å². The second kappa shape index (κ2) is 18.5. The highest BCUT2D eigenvalue weighted by atomic mass is 35.5. The van der Waals surface area contributed by atoms with Crippen molar-refractivity contribution in [2.75, 3.05) is 13.2 Å². The molecule has 0 unspecified atom stereocenters. The van der Waals surface area contributed by atoms with Gasteiger partial charge < -0.3 is 15.7 Å². The van der Waals surface area contributed by atoms with Crippen molar-refractivity contribution in [3.8, 4) is 0 Å². The van der Waals surface area contributed by atoms with Crippen LogP contribution in [0.1, 0.15) is 88.8 Å². The highest BCUT2D eigenvalue weighted by Gasteiger charge is 2.34. The number of halogens is 8. The van der Waals surface area contributed by atoms with E-state index in [1.165, 1.54) is 12.1 Å². The van der Waals surface area contributed by atoms with Gasteiger partial charge in [0, 0.05) is 18.7 Å². The van der Waals surface area contributed by atoms with Crippen LogP contribution in [-0.2, 0) is 26.7 Å². The number of rotatable bonds is 9. The third-order valence-electron chi connectivity index (χ3n) is 9.47. The number of alkyl halides is 6. The summed E-state index contributed by atoms with van der Waals surface area (Å²) in [5.41, 5.74) is -1.29. The number of hydrogen-bond acceptors (Lipinski definition) is 6. The Labute approximate surface area is 319 Å². The Morgan fingerprint density at radius 2 is 1.11 bits per heavy atom. The maximum Gasteiger partial charge on any atom is 0.416 e. The Morgan fingerprint density at radius 3 is 1.50 bits per heavy atom. The van der Waals surface area contributed by atoms with Crippen LogP contribution in [0.25, 0.3) is 0 Å².